The Labute approximate surface area is 273 Å². The Morgan fingerprint density at radius 1 is 1.12 bits per heavy atom. The van der Waals surface area contributed by atoms with E-state index in [2.05, 4.69) is 30.6 Å². The number of ether oxygens (including phenoxy) is 4. The van der Waals surface area contributed by atoms with Crippen molar-refractivity contribution in [3.05, 3.63) is 49.3 Å². The first-order valence-electron chi connectivity index (χ1n) is 15.6. The Morgan fingerprint density at radius 3 is 2.60 bits per heavy atom. The van der Waals surface area contributed by atoms with Crippen molar-refractivity contribution < 1.29 is 33.6 Å². The molecular formula is C29H41N9O10. The average Bonchev–Trinajstić information content (AvgIpc) is 3.59. The smallest absolute Gasteiger partial charge is 0.330 e. The maximum Gasteiger partial charge on any atom is 0.330 e. The summed E-state index contributed by atoms with van der Waals surface area (Å²) < 4.78 is 25.9. The molecule has 0 aliphatic carbocycles. The van der Waals surface area contributed by atoms with Gasteiger partial charge in [0.15, 0.2) is 29.8 Å². The number of aryl methyl sites for hydroxylation is 1. The number of hydrogen-bond acceptors (Lipinski definition) is 13. The zero-order valence-electron chi connectivity index (χ0n) is 27.3. The van der Waals surface area contributed by atoms with Crippen LogP contribution < -0.4 is 27.4 Å². The van der Waals surface area contributed by atoms with Crippen LogP contribution in [0.2, 0.25) is 0 Å². The molecule has 19 heteroatoms. The highest BCUT2D eigenvalue weighted by molar-refractivity contribution is 5.91. The molecule has 0 radical (unpaired) electrons. The molecule has 2 aliphatic heterocycles. The van der Waals surface area contributed by atoms with Crippen LogP contribution in [0.25, 0.3) is 11.2 Å². The molecule has 2 saturated heterocycles. The van der Waals surface area contributed by atoms with Crippen molar-refractivity contribution in [1.29, 1.82) is 0 Å². The number of methoxy groups -OCH3 is 1. The van der Waals surface area contributed by atoms with E-state index < -0.39 is 53.6 Å². The van der Waals surface area contributed by atoms with E-state index in [-0.39, 0.29) is 61.3 Å². The number of imidazole rings is 1. The number of anilines is 1. The van der Waals surface area contributed by atoms with Gasteiger partial charge in [-0.3, -0.25) is 48.5 Å². The van der Waals surface area contributed by atoms with Gasteiger partial charge in [-0.05, 0) is 13.3 Å². The monoisotopic (exact) mass is 675 g/mol. The molecular weight excluding hydrogens is 634 g/mol. The number of hydrogen-bond donors (Lipinski definition) is 5. The number of morpholine rings is 1. The number of carbonyl (C=O) groups excluding carboxylic acids is 2. The highest BCUT2D eigenvalue weighted by Crippen LogP contribution is 2.32. The molecule has 3 aromatic heterocycles. The number of aliphatic hydroxyl groups excluding tert-OH is 1. The lowest BCUT2D eigenvalue weighted by Gasteiger charge is -2.38. The number of nitrogens with one attached hydrogen (secondary N) is 4. The van der Waals surface area contributed by atoms with Gasteiger partial charge in [0.1, 0.15) is 12.2 Å². The van der Waals surface area contributed by atoms with Crippen LogP contribution in [0.4, 0.5) is 5.95 Å². The lowest BCUT2D eigenvalue weighted by Crippen LogP contribution is -2.53. The van der Waals surface area contributed by atoms with Gasteiger partial charge in [0, 0.05) is 37.9 Å². The molecule has 0 saturated carbocycles. The Kier molecular flexibility index (Phi) is 10.9. The second-order valence-electron chi connectivity index (χ2n) is 12.0. The van der Waals surface area contributed by atoms with Crippen LogP contribution in [0, 0.1) is 12.8 Å². The van der Waals surface area contributed by atoms with E-state index in [0.29, 0.717) is 18.5 Å². The Balaban J connectivity index is 1.34. The summed E-state index contributed by atoms with van der Waals surface area (Å²) >= 11 is 0. The lowest BCUT2D eigenvalue weighted by atomic mass is 10.2. The minimum atomic E-state index is -1.36. The average molecular weight is 676 g/mol. The summed E-state index contributed by atoms with van der Waals surface area (Å²) in [5, 5.41) is 16.6. The molecule has 6 atom stereocenters. The van der Waals surface area contributed by atoms with E-state index in [1.54, 1.807) is 20.8 Å². The summed E-state index contributed by atoms with van der Waals surface area (Å²) in [6.07, 6.45) is -2.46. The van der Waals surface area contributed by atoms with Gasteiger partial charge in [0.2, 0.25) is 17.8 Å². The molecule has 2 amide bonds. The summed E-state index contributed by atoms with van der Waals surface area (Å²) in [4.78, 5) is 77.9. The first-order valence-corrected chi connectivity index (χ1v) is 15.6. The largest absolute Gasteiger partial charge is 0.385 e. The summed E-state index contributed by atoms with van der Waals surface area (Å²) in [6, 6.07) is 0. The van der Waals surface area contributed by atoms with Crippen LogP contribution in [-0.4, -0.2) is 115 Å². The van der Waals surface area contributed by atoms with E-state index in [9.17, 15) is 29.1 Å². The molecule has 0 bridgehead atoms. The molecule has 5 rings (SSSR count). The number of fused-ring (bicyclic) bond motifs is 1. The second-order valence-corrected chi connectivity index (χ2v) is 12.0. The maximum atomic E-state index is 13.4. The van der Waals surface area contributed by atoms with Crippen molar-refractivity contribution in [2.24, 2.45) is 5.92 Å². The molecule has 48 heavy (non-hydrogen) atoms. The van der Waals surface area contributed by atoms with Gasteiger partial charge >= 0.3 is 5.69 Å². The van der Waals surface area contributed by atoms with Crippen LogP contribution in [0.5, 0.6) is 0 Å². The number of amides is 2. The quantitative estimate of drug-likeness (QED) is 0.138. The zero-order chi connectivity index (χ0) is 34.7. The van der Waals surface area contributed by atoms with Crippen molar-refractivity contribution in [2.45, 2.75) is 71.1 Å². The van der Waals surface area contributed by atoms with Gasteiger partial charge in [-0.1, -0.05) is 20.8 Å². The van der Waals surface area contributed by atoms with Gasteiger partial charge in [-0.25, -0.2) is 9.78 Å². The molecule has 262 valence electrons. The van der Waals surface area contributed by atoms with E-state index in [1.165, 1.54) is 28.8 Å². The number of rotatable bonds is 12. The van der Waals surface area contributed by atoms with E-state index >= 15 is 0 Å². The predicted molar refractivity (Wildman–Crippen MR) is 168 cm³/mol. The van der Waals surface area contributed by atoms with Crippen LogP contribution in [-0.2, 0) is 28.5 Å². The topological polar surface area (TPSA) is 237 Å². The molecule has 19 nitrogen and oxygen atoms in total. The first kappa shape index (κ1) is 35.0. The summed E-state index contributed by atoms with van der Waals surface area (Å²) in [6.45, 7) is 7.60. The SMILES string of the molecule is CC[C@@H]1CN(CC(=O)N[C@H]2O[C@@H](n3cnc4c(=O)[nH]c(NC(=O)C(C)C)nc43)[C@@H](OCCOC)C2O)C[C@H](n2cc(C)c(=O)[nH]c2=O)O1. The zero-order valence-corrected chi connectivity index (χ0v) is 27.3. The minimum absolute atomic E-state index is 0.0390. The fraction of sp³-hybridized carbons (Fsp3) is 0.621. The van der Waals surface area contributed by atoms with Crippen molar-refractivity contribution in [1.82, 2.24) is 39.3 Å². The summed E-state index contributed by atoms with van der Waals surface area (Å²) in [5.41, 5.74) is -1.36. The molecule has 5 N–H and O–H groups in total. The van der Waals surface area contributed by atoms with E-state index in [0.717, 1.165) is 0 Å². The third-order valence-electron chi connectivity index (χ3n) is 8.09. The molecule has 1 unspecified atom stereocenters. The highest BCUT2D eigenvalue weighted by atomic mass is 16.6. The molecule has 3 aromatic rings. The van der Waals surface area contributed by atoms with Crippen LogP contribution >= 0.6 is 0 Å². The number of aliphatic hydroxyl groups is 1. The minimum Gasteiger partial charge on any atom is -0.385 e. The van der Waals surface area contributed by atoms with Crippen molar-refractivity contribution in [2.75, 3.05) is 45.3 Å². The Hall–Kier alpha value is -4.27. The fourth-order valence-corrected chi connectivity index (χ4v) is 5.48. The third kappa shape index (κ3) is 7.55. The van der Waals surface area contributed by atoms with Gasteiger partial charge in [0.05, 0.1) is 32.2 Å². The normalized spacial score (nSPS) is 24.7. The number of nitrogens with zero attached hydrogens (tertiary/aromatic N) is 5. The molecule has 2 fully saturated rings. The highest BCUT2D eigenvalue weighted by Gasteiger charge is 2.47. The van der Waals surface area contributed by atoms with Crippen molar-refractivity contribution >= 4 is 28.9 Å². The van der Waals surface area contributed by atoms with Crippen LogP contribution in [0.3, 0.4) is 0 Å². The van der Waals surface area contributed by atoms with Gasteiger partial charge < -0.3 is 29.4 Å². The second kappa shape index (κ2) is 14.9. The summed E-state index contributed by atoms with van der Waals surface area (Å²) in [7, 11) is 1.49. The third-order valence-corrected chi connectivity index (χ3v) is 8.09. The van der Waals surface area contributed by atoms with Gasteiger partial charge in [-0.15, -0.1) is 0 Å². The molecule has 0 spiro atoms. The predicted octanol–water partition coefficient (Wildman–Crippen LogP) is -1.45. The number of aromatic amines is 2. The lowest BCUT2D eigenvalue weighted by molar-refractivity contribution is -0.141. The number of aromatic nitrogens is 6. The van der Waals surface area contributed by atoms with E-state index in [4.69, 9.17) is 18.9 Å². The Bertz CT molecular complexity index is 1800. The fourth-order valence-electron chi connectivity index (χ4n) is 5.48. The van der Waals surface area contributed by atoms with E-state index in [1.807, 2.05) is 11.8 Å². The molecule has 5 heterocycles. The summed E-state index contributed by atoms with van der Waals surface area (Å²) in [5.74, 6) is -1.32. The van der Waals surface area contributed by atoms with Gasteiger partial charge in [-0.2, -0.15) is 4.98 Å². The van der Waals surface area contributed by atoms with Crippen LogP contribution in [0.1, 0.15) is 45.2 Å². The Morgan fingerprint density at radius 2 is 1.90 bits per heavy atom. The first-order chi connectivity index (χ1) is 22.9. The van der Waals surface area contributed by atoms with Crippen molar-refractivity contribution in [3.8, 4) is 0 Å². The molecule has 2 aliphatic rings. The maximum absolute atomic E-state index is 13.4. The number of H-pyrrole nitrogens is 2. The standard InChI is InChI=1S/C29H41N9O10/c1-6-16-10-36(12-18(47-16)37-9-15(4)24(42)35-29(37)44)11-17(39)31-26-20(40)21(46-8-7-45-5)27(48-26)38-13-30-19-22(38)32-28(34-25(19)43)33-23(41)14(2)3/h9,13-14,16,18,20-21,26-27,40H,6-8,10-12H2,1-5H3,(H,31,39)(H,35,42,44)(H2,32,33,34,41,43)/t16-,18-,20?,21+,26+,27-/m1/s1. The van der Waals surface area contributed by atoms with Gasteiger partial charge in [0.25, 0.3) is 11.1 Å². The van der Waals surface area contributed by atoms with Crippen molar-refractivity contribution in [3.63, 3.8) is 0 Å². The molecule has 0 aromatic carbocycles. The van der Waals surface area contributed by atoms with Crippen LogP contribution in [0.15, 0.2) is 26.9 Å². The number of carbonyl (C=O) groups is 2.